The van der Waals surface area contributed by atoms with Crippen molar-refractivity contribution in [3.05, 3.63) is 23.3 Å². The number of nitrogens with one attached hydrogen (secondary N) is 1. The third-order valence-electron chi connectivity index (χ3n) is 4.30. The van der Waals surface area contributed by atoms with E-state index in [0.29, 0.717) is 43.2 Å². The lowest BCUT2D eigenvalue weighted by Gasteiger charge is -2.29. The van der Waals surface area contributed by atoms with E-state index in [1.165, 1.54) is 4.31 Å². The number of nitrogens with zero attached hydrogens (tertiary/aromatic N) is 1. The van der Waals surface area contributed by atoms with Crippen molar-refractivity contribution in [2.24, 2.45) is 0 Å². The quantitative estimate of drug-likeness (QED) is 0.631. The Bertz CT molecular complexity index is 739. The SMILES string of the molecule is COc1cc2c(cc1OC)CN(S(=O)(=O)CCNC(=O)CCCCl)CC2. The van der Waals surface area contributed by atoms with Crippen LogP contribution in [0.5, 0.6) is 11.5 Å². The van der Waals surface area contributed by atoms with Crippen LogP contribution in [0.25, 0.3) is 0 Å². The molecule has 26 heavy (non-hydrogen) atoms. The number of carbonyl (C=O) groups excluding carboxylic acids is 1. The fourth-order valence-corrected chi connectivity index (χ4v) is 4.32. The summed E-state index contributed by atoms with van der Waals surface area (Å²) < 4.78 is 37.2. The van der Waals surface area contributed by atoms with Gasteiger partial charge in [0, 0.05) is 31.9 Å². The molecular weight excluding hydrogens is 380 g/mol. The zero-order chi connectivity index (χ0) is 19.2. The van der Waals surface area contributed by atoms with Crippen LogP contribution in [-0.4, -0.2) is 57.6 Å². The van der Waals surface area contributed by atoms with E-state index in [1.807, 2.05) is 12.1 Å². The van der Waals surface area contributed by atoms with E-state index >= 15 is 0 Å². The van der Waals surface area contributed by atoms with Gasteiger partial charge in [0.2, 0.25) is 15.9 Å². The van der Waals surface area contributed by atoms with E-state index in [0.717, 1.165) is 11.1 Å². The molecule has 1 aliphatic rings. The van der Waals surface area contributed by atoms with Gasteiger partial charge in [-0.15, -0.1) is 11.6 Å². The van der Waals surface area contributed by atoms with Crippen LogP contribution in [0.4, 0.5) is 0 Å². The minimum Gasteiger partial charge on any atom is -0.493 e. The molecule has 1 N–H and O–H groups in total. The van der Waals surface area contributed by atoms with E-state index in [-0.39, 0.29) is 24.7 Å². The molecule has 0 fully saturated rings. The first-order chi connectivity index (χ1) is 12.4. The molecule has 1 aliphatic heterocycles. The summed E-state index contributed by atoms with van der Waals surface area (Å²) in [4.78, 5) is 11.6. The van der Waals surface area contributed by atoms with Crippen molar-refractivity contribution in [2.45, 2.75) is 25.8 Å². The molecule has 0 radical (unpaired) electrons. The first kappa shape index (κ1) is 20.8. The van der Waals surface area contributed by atoms with Crippen LogP contribution >= 0.6 is 11.6 Å². The highest BCUT2D eigenvalue weighted by Gasteiger charge is 2.27. The third kappa shape index (κ3) is 5.25. The molecule has 0 saturated heterocycles. The molecule has 146 valence electrons. The smallest absolute Gasteiger partial charge is 0.220 e. The zero-order valence-corrected chi connectivity index (χ0v) is 16.7. The van der Waals surface area contributed by atoms with Gasteiger partial charge in [0.1, 0.15) is 0 Å². The second-order valence-electron chi connectivity index (χ2n) is 6.02. The first-order valence-corrected chi connectivity index (χ1v) is 10.6. The molecule has 7 nitrogen and oxygen atoms in total. The topological polar surface area (TPSA) is 84.9 Å². The molecule has 9 heteroatoms. The fourth-order valence-electron chi connectivity index (χ4n) is 2.86. The van der Waals surface area contributed by atoms with Crippen LogP contribution in [0.15, 0.2) is 12.1 Å². The standard InChI is InChI=1S/C17H25ClN2O5S/c1-24-15-10-13-5-8-20(12-14(13)11-16(15)25-2)26(22,23)9-7-19-17(21)4-3-6-18/h10-11H,3-9,12H2,1-2H3,(H,19,21). The molecule has 1 heterocycles. The number of alkyl halides is 1. The van der Waals surface area contributed by atoms with Gasteiger partial charge in [-0.05, 0) is 36.1 Å². The van der Waals surface area contributed by atoms with Crippen molar-refractivity contribution in [2.75, 3.05) is 38.9 Å². The van der Waals surface area contributed by atoms with Crippen LogP contribution in [0.2, 0.25) is 0 Å². The maximum Gasteiger partial charge on any atom is 0.220 e. The molecule has 0 unspecified atom stereocenters. The summed E-state index contributed by atoms with van der Waals surface area (Å²) in [6.07, 6.45) is 1.49. The number of benzene rings is 1. The Labute approximate surface area is 159 Å². The van der Waals surface area contributed by atoms with Crippen molar-refractivity contribution in [1.29, 1.82) is 0 Å². The van der Waals surface area contributed by atoms with Gasteiger partial charge in [-0.1, -0.05) is 0 Å². The van der Waals surface area contributed by atoms with E-state index in [4.69, 9.17) is 21.1 Å². The summed E-state index contributed by atoms with van der Waals surface area (Å²) >= 11 is 5.54. The second kappa shape index (κ2) is 9.43. The summed E-state index contributed by atoms with van der Waals surface area (Å²) in [6, 6.07) is 3.72. The lowest BCUT2D eigenvalue weighted by atomic mass is 10.0. The predicted octanol–water partition coefficient (Wildman–Crippen LogP) is 1.53. The van der Waals surface area contributed by atoms with Gasteiger partial charge in [0.25, 0.3) is 0 Å². The van der Waals surface area contributed by atoms with Gasteiger partial charge in [-0.25, -0.2) is 8.42 Å². The van der Waals surface area contributed by atoms with Crippen molar-refractivity contribution in [3.63, 3.8) is 0 Å². The van der Waals surface area contributed by atoms with Gasteiger partial charge in [0.05, 0.1) is 20.0 Å². The molecular formula is C17H25ClN2O5S. The number of fused-ring (bicyclic) bond motifs is 1. The van der Waals surface area contributed by atoms with Crippen LogP contribution in [0, 0.1) is 0 Å². The number of hydrogen-bond acceptors (Lipinski definition) is 5. The van der Waals surface area contributed by atoms with E-state index in [9.17, 15) is 13.2 Å². The largest absolute Gasteiger partial charge is 0.493 e. The number of ether oxygens (including phenoxy) is 2. The Balaban J connectivity index is 1.99. The second-order valence-corrected chi connectivity index (χ2v) is 8.48. The van der Waals surface area contributed by atoms with Gasteiger partial charge in [-0.2, -0.15) is 4.31 Å². The maximum absolute atomic E-state index is 12.6. The van der Waals surface area contributed by atoms with Crippen LogP contribution in [0.3, 0.4) is 0 Å². The van der Waals surface area contributed by atoms with Crippen molar-refractivity contribution >= 4 is 27.5 Å². The molecule has 0 atom stereocenters. The zero-order valence-electron chi connectivity index (χ0n) is 15.1. The molecule has 1 amide bonds. The molecule has 2 rings (SSSR count). The van der Waals surface area contributed by atoms with Crippen LogP contribution in [-0.2, 0) is 27.8 Å². The highest BCUT2D eigenvalue weighted by molar-refractivity contribution is 7.89. The fraction of sp³-hybridized carbons (Fsp3) is 0.588. The summed E-state index contributed by atoms with van der Waals surface area (Å²) in [5, 5.41) is 2.63. The van der Waals surface area contributed by atoms with Gasteiger partial charge in [-0.3, -0.25) is 4.79 Å². The lowest BCUT2D eigenvalue weighted by molar-refractivity contribution is -0.120. The molecule has 0 spiro atoms. The number of hydrogen-bond donors (Lipinski definition) is 1. The minimum absolute atomic E-state index is 0.0960. The number of amides is 1. The highest BCUT2D eigenvalue weighted by Crippen LogP contribution is 2.33. The summed E-state index contributed by atoms with van der Waals surface area (Å²) in [6.45, 7) is 0.794. The number of carbonyl (C=O) groups is 1. The summed E-state index contributed by atoms with van der Waals surface area (Å²) in [7, 11) is -0.332. The van der Waals surface area contributed by atoms with Crippen molar-refractivity contribution in [1.82, 2.24) is 9.62 Å². The van der Waals surface area contributed by atoms with Crippen LogP contribution in [0.1, 0.15) is 24.0 Å². The predicted molar refractivity (Wildman–Crippen MR) is 100 cm³/mol. The van der Waals surface area contributed by atoms with Crippen molar-refractivity contribution in [3.8, 4) is 11.5 Å². The normalized spacial score (nSPS) is 14.6. The Morgan fingerprint density at radius 2 is 1.88 bits per heavy atom. The Morgan fingerprint density at radius 3 is 2.50 bits per heavy atom. The monoisotopic (exact) mass is 404 g/mol. The first-order valence-electron chi connectivity index (χ1n) is 8.45. The number of rotatable bonds is 9. The molecule has 0 bridgehead atoms. The molecule has 1 aromatic rings. The molecule has 0 aliphatic carbocycles. The maximum atomic E-state index is 12.6. The van der Waals surface area contributed by atoms with Crippen molar-refractivity contribution < 1.29 is 22.7 Å². The van der Waals surface area contributed by atoms with Gasteiger partial charge < -0.3 is 14.8 Å². The Morgan fingerprint density at radius 1 is 1.23 bits per heavy atom. The van der Waals surface area contributed by atoms with Gasteiger partial charge >= 0.3 is 0 Å². The molecule has 0 aromatic heterocycles. The molecule has 0 saturated carbocycles. The summed E-state index contributed by atoms with van der Waals surface area (Å²) in [5.74, 6) is 1.33. The van der Waals surface area contributed by atoms with E-state index < -0.39 is 10.0 Å². The number of methoxy groups -OCH3 is 2. The van der Waals surface area contributed by atoms with E-state index in [2.05, 4.69) is 5.32 Å². The number of halogens is 1. The Kier molecular flexibility index (Phi) is 7.55. The average molecular weight is 405 g/mol. The molecule has 1 aromatic carbocycles. The lowest BCUT2D eigenvalue weighted by Crippen LogP contribution is -2.40. The highest BCUT2D eigenvalue weighted by atomic mass is 35.5. The van der Waals surface area contributed by atoms with Gasteiger partial charge in [0.15, 0.2) is 11.5 Å². The van der Waals surface area contributed by atoms with E-state index in [1.54, 1.807) is 14.2 Å². The third-order valence-corrected chi connectivity index (χ3v) is 6.38. The van der Waals surface area contributed by atoms with Crippen LogP contribution < -0.4 is 14.8 Å². The average Bonchev–Trinajstić information content (AvgIpc) is 2.64. The minimum atomic E-state index is -3.46. The number of sulfonamides is 1. The summed E-state index contributed by atoms with van der Waals surface area (Å²) in [5.41, 5.74) is 1.96. The Hall–Kier alpha value is -1.51.